The number of nitrogens with zero attached hydrogens (tertiary/aromatic N) is 2. The van der Waals surface area contributed by atoms with Gasteiger partial charge in [0.15, 0.2) is 5.75 Å². The van der Waals surface area contributed by atoms with E-state index in [1.54, 1.807) is 12.1 Å². The lowest BCUT2D eigenvalue weighted by Gasteiger charge is -2.23. The second kappa shape index (κ2) is 12.9. The summed E-state index contributed by atoms with van der Waals surface area (Å²) in [5.74, 6) is -0.146. The summed E-state index contributed by atoms with van der Waals surface area (Å²) in [4.78, 5) is 31.1. The van der Waals surface area contributed by atoms with E-state index in [4.69, 9.17) is 21.1 Å². The number of amides is 2. The summed E-state index contributed by atoms with van der Waals surface area (Å²) in [6.07, 6.45) is -1.96. The van der Waals surface area contributed by atoms with Gasteiger partial charge in [-0.15, -0.1) is 0 Å². The molecule has 42 heavy (non-hydrogen) atoms. The number of alkyl halides is 3. The average Bonchev–Trinajstić information content (AvgIpc) is 2.97. The summed E-state index contributed by atoms with van der Waals surface area (Å²) in [5.41, 5.74) is 2.09. The molecule has 0 fully saturated rings. The quantitative estimate of drug-likeness (QED) is 0.220. The number of para-hydroxylation sites is 1. The maximum Gasteiger partial charge on any atom is 0.416 e. The highest BCUT2D eigenvalue weighted by Crippen LogP contribution is 2.37. The van der Waals surface area contributed by atoms with E-state index in [1.165, 1.54) is 37.3 Å². The maximum absolute atomic E-state index is 12.9. The zero-order valence-electron chi connectivity index (χ0n) is 23.0. The molecular weight excluding hydrogens is 571 g/mol. The Morgan fingerprint density at radius 2 is 1.79 bits per heavy atom. The van der Waals surface area contributed by atoms with Crippen molar-refractivity contribution in [1.82, 2.24) is 10.3 Å². The number of aryl methyl sites for hydroxylation is 1. The minimum Gasteiger partial charge on any atom is -0.494 e. The number of pyridine rings is 1. The van der Waals surface area contributed by atoms with Crippen molar-refractivity contribution in [3.05, 3.63) is 100 Å². The van der Waals surface area contributed by atoms with Crippen LogP contribution in [0.1, 0.15) is 22.4 Å². The first-order valence-corrected chi connectivity index (χ1v) is 13.1. The summed E-state index contributed by atoms with van der Waals surface area (Å²) in [5, 5.41) is 3.78. The number of hydrogen-bond acceptors (Lipinski definition) is 5. The lowest BCUT2D eigenvalue weighted by atomic mass is 10.1. The SMILES string of the molecule is COc1c(N(C)C(=O)CNC(=O)/C=C/c2ccc(C(F)(F)F)cc2)ccc(Cl)c1COc1cccc2ccc(C)nc12. The second-order valence-corrected chi connectivity index (χ2v) is 9.68. The lowest BCUT2D eigenvalue weighted by Crippen LogP contribution is -2.37. The Balaban J connectivity index is 1.42. The molecule has 1 N–H and O–H groups in total. The number of ether oxygens (including phenoxy) is 2. The van der Waals surface area contributed by atoms with Crippen molar-refractivity contribution in [2.75, 3.05) is 25.6 Å². The predicted molar refractivity (Wildman–Crippen MR) is 156 cm³/mol. The number of halogens is 4. The van der Waals surface area contributed by atoms with E-state index in [1.807, 2.05) is 37.3 Å². The molecule has 1 heterocycles. The highest BCUT2D eigenvalue weighted by atomic mass is 35.5. The normalized spacial score (nSPS) is 11.5. The minimum atomic E-state index is -4.44. The first kappa shape index (κ1) is 30.4. The molecular formula is C31H27ClF3N3O4. The van der Waals surface area contributed by atoms with Gasteiger partial charge in [0.25, 0.3) is 0 Å². The number of anilines is 1. The Bertz CT molecular complexity index is 1640. The van der Waals surface area contributed by atoms with Crippen molar-refractivity contribution >= 4 is 46.1 Å². The molecule has 0 aliphatic rings. The standard InChI is InChI=1S/C31H27ClF3N3O4/c1-19-7-11-21-5-4-6-26(29(21)37-19)42-18-23-24(32)14-15-25(30(23)41-3)38(2)28(40)17-36-27(39)16-10-20-8-12-22(13-9-20)31(33,34)35/h4-16H,17-18H2,1-3H3,(H,36,39)/b16-10+. The molecule has 4 aromatic rings. The fourth-order valence-corrected chi connectivity index (χ4v) is 4.33. The van der Waals surface area contributed by atoms with Crippen LogP contribution in [0.25, 0.3) is 17.0 Å². The van der Waals surface area contributed by atoms with Gasteiger partial charge in [0.05, 0.1) is 35.5 Å². The lowest BCUT2D eigenvalue weighted by molar-refractivity contribution is -0.137. The molecule has 7 nitrogen and oxygen atoms in total. The van der Waals surface area contributed by atoms with Crippen molar-refractivity contribution < 1.29 is 32.2 Å². The molecule has 0 aliphatic heterocycles. The molecule has 0 unspecified atom stereocenters. The van der Waals surface area contributed by atoms with Crippen LogP contribution >= 0.6 is 11.6 Å². The van der Waals surface area contributed by atoms with E-state index in [0.717, 1.165) is 29.3 Å². The minimum absolute atomic E-state index is 0.0398. The van der Waals surface area contributed by atoms with Gasteiger partial charge >= 0.3 is 6.18 Å². The molecule has 4 rings (SSSR count). The third-order valence-corrected chi connectivity index (χ3v) is 6.75. The van der Waals surface area contributed by atoms with Crippen LogP contribution < -0.4 is 19.7 Å². The van der Waals surface area contributed by atoms with Gasteiger partial charge in [0.1, 0.15) is 17.9 Å². The Hall–Kier alpha value is -4.57. The van der Waals surface area contributed by atoms with Crippen molar-refractivity contribution in [2.24, 2.45) is 0 Å². The van der Waals surface area contributed by atoms with Crippen LogP contribution in [0.2, 0.25) is 5.02 Å². The summed E-state index contributed by atoms with van der Waals surface area (Å²) in [6.45, 7) is 1.59. The molecule has 218 valence electrons. The Labute approximate surface area is 245 Å². The van der Waals surface area contributed by atoms with Gasteiger partial charge < -0.3 is 19.7 Å². The van der Waals surface area contributed by atoms with E-state index in [0.29, 0.717) is 38.9 Å². The Morgan fingerprint density at radius 3 is 2.48 bits per heavy atom. The van der Waals surface area contributed by atoms with Crippen LogP contribution in [0, 0.1) is 6.92 Å². The van der Waals surface area contributed by atoms with Crippen molar-refractivity contribution in [3.63, 3.8) is 0 Å². The summed E-state index contributed by atoms with van der Waals surface area (Å²) in [7, 11) is 2.98. The van der Waals surface area contributed by atoms with E-state index < -0.39 is 23.6 Å². The van der Waals surface area contributed by atoms with Crippen LogP contribution in [0.5, 0.6) is 11.5 Å². The number of aromatic nitrogens is 1. The number of methoxy groups -OCH3 is 1. The van der Waals surface area contributed by atoms with Gasteiger partial charge in [-0.05, 0) is 55.0 Å². The molecule has 0 atom stereocenters. The molecule has 1 aromatic heterocycles. The predicted octanol–water partition coefficient (Wildman–Crippen LogP) is 6.60. The molecule has 0 spiro atoms. The maximum atomic E-state index is 12.9. The van der Waals surface area contributed by atoms with Crippen LogP contribution in [0.4, 0.5) is 18.9 Å². The van der Waals surface area contributed by atoms with Gasteiger partial charge in [-0.25, -0.2) is 4.98 Å². The van der Waals surface area contributed by atoms with Crippen LogP contribution in [-0.2, 0) is 22.4 Å². The number of carbonyl (C=O) groups is 2. The topological polar surface area (TPSA) is 80.8 Å². The number of carbonyl (C=O) groups excluding carboxylic acids is 2. The molecule has 11 heteroatoms. The molecule has 3 aromatic carbocycles. The summed E-state index contributed by atoms with van der Waals surface area (Å²) < 4.78 is 49.9. The summed E-state index contributed by atoms with van der Waals surface area (Å²) in [6, 6.07) is 17.1. The number of nitrogens with one attached hydrogen (secondary N) is 1. The average molecular weight is 598 g/mol. The van der Waals surface area contributed by atoms with E-state index >= 15 is 0 Å². The molecule has 0 saturated carbocycles. The number of fused-ring (bicyclic) bond motifs is 1. The van der Waals surface area contributed by atoms with Gasteiger partial charge in [-0.2, -0.15) is 13.2 Å². The number of benzene rings is 3. The third kappa shape index (κ3) is 7.19. The van der Waals surface area contributed by atoms with E-state index in [2.05, 4.69) is 10.3 Å². The first-order valence-electron chi connectivity index (χ1n) is 12.7. The Kier molecular flexibility index (Phi) is 9.37. The van der Waals surface area contributed by atoms with Crippen molar-refractivity contribution in [1.29, 1.82) is 0 Å². The third-order valence-electron chi connectivity index (χ3n) is 6.40. The molecule has 0 radical (unpaired) electrons. The Morgan fingerprint density at radius 1 is 1.05 bits per heavy atom. The van der Waals surface area contributed by atoms with Crippen molar-refractivity contribution in [3.8, 4) is 11.5 Å². The van der Waals surface area contributed by atoms with E-state index in [-0.39, 0.29) is 13.2 Å². The first-order chi connectivity index (χ1) is 20.0. The monoisotopic (exact) mass is 597 g/mol. The largest absolute Gasteiger partial charge is 0.494 e. The highest BCUT2D eigenvalue weighted by Gasteiger charge is 2.29. The van der Waals surface area contributed by atoms with Crippen LogP contribution in [-0.4, -0.2) is 37.5 Å². The zero-order valence-corrected chi connectivity index (χ0v) is 23.7. The van der Waals surface area contributed by atoms with Crippen LogP contribution in [0.3, 0.4) is 0 Å². The fraction of sp³-hybridized carbons (Fsp3) is 0.194. The van der Waals surface area contributed by atoms with Gasteiger partial charge in [-0.3, -0.25) is 9.59 Å². The van der Waals surface area contributed by atoms with Crippen LogP contribution in [0.15, 0.2) is 72.8 Å². The van der Waals surface area contributed by atoms with Gasteiger partial charge in [0.2, 0.25) is 11.8 Å². The van der Waals surface area contributed by atoms with Gasteiger partial charge in [-0.1, -0.05) is 41.9 Å². The van der Waals surface area contributed by atoms with Crippen molar-refractivity contribution in [2.45, 2.75) is 19.7 Å². The molecule has 0 aliphatic carbocycles. The number of likely N-dealkylation sites (N-methyl/N-ethyl adjacent to an activating group) is 1. The molecule has 2 amide bonds. The summed E-state index contributed by atoms with van der Waals surface area (Å²) >= 11 is 6.49. The second-order valence-electron chi connectivity index (χ2n) is 9.27. The van der Waals surface area contributed by atoms with Gasteiger partial charge in [0, 0.05) is 24.2 Å². The molecule has 0 saturated heterocycles. The molecule has 0 bridgehead atoms. The number of hydrogen-bond donors (Lipinski definition) is 1. The fourth-order valence-electron chi connectivity index (χ4n) is 4.13. The number of rotatable bonds is 9. The smallest absolute Gasteiger partial charge is 0.416 e. The highest BCUT2D eigenvalue weighted by molar-refractivity contribution is 6.31. The van der Waals surface area contributed by atoms with E-state index in [9.17, 15) is 22.8 Å². The zero-order chi connectivity index (χ0) is 30.4.